The number of nitrogens with two attached hydrogens (primary N) is 1. The number of amides is 1. The summed E-state index contributed by atoms with van der Waals surface area (Å²) in [6, 6.07) is 7.12. The van der Waals surface area contributed by atoms with Gasteiger partial charge in [0.1, 0.15) is 0 Å². The van der Waals surface area contributed by atoms with E-state index in [4.69, 9.17) is 22.4 Å². The highest BCUT2D eigenvalue weighted by Crippen LogP contribution is 2.11. The third kappa shape index (κ3) is 4.67. The summed E-state index contributed by atoms with van der Waals surface area (Å²) in [6.07, 6.45) is -0.461. The van der Waals surface area contributed by atoms with Gasteiger partial charge in [-0.3, -0.25) is 0 Å². The molecule has 0 fully saturated rings. The Labute approximate surface area is 93.0 Å². The van der Waals surface area contributed by atoms with Crippen LogP contribution in [0.2, 0.25) is 5.02 Å². The van der Waals surface area contributed by atoms with E-state index in [-0.39, 0.29) is 12.6 Å². The van der Waals surface area contributed by atoms with E-state index in [1.165, 1.54) is 0 Å². The second kappa shape index (κ2) is 5.58. The number of halogens is 1. The highest BCUT2D eigenvalue weighted by Gasteiger charge is 2.05. The molecule has 0 saturated heterocycles. The van der Waals surface area contributed by atoms with Crippen LogP contribution in [0.25, 0.3) is 0 Å². The number of carboxylic acid groups (broad SMARTS) is 1. The van der Waals surface area contributed by atoms with Crippen LogP contribution in [0.3, 0.4) is 0 Å². The summed E-state index contributed by atoms with van der Waals surface area (Å²) in [5, 5.41) is 11.3. The summed E-state index contributed by atoms with van der Waals surface area (Å²) >= 11 is 5.81. The summed E-state index contributed by atoms with van der Waals surface area (Å²) < 4.78 is 0. The van der Waals surface area contributed by atoms with Gasteiger partial charge in [-0.25, -0.2) is 4.79 Å². The summed E-state index contributed by atoms with van der Waals surface area (Å²) in [6.45, 7) is 0.238. The minimum absolute atomic E-state index is 0.237. The quantitative estimate of drug-likeness (QED) is 0.731. The van der Waals surface area contributed by atoms with Crippen molar-refractivity contribution in [1.82, 2.24) is 5.32 Å². The Kier molecular flexibility index (Phi) is 4.39. The zero-order valence-electron chi connectivity index (χ0n) is 8.11. The molecule has 1 aromatic carbocycles. The van der Waals surface area contributed by atoms with Crippen LogP contribution >= 0.6 is 11.6 Å². The van der Waals surface area contributed by atoms with Crippen LogP contribution in [0, 0.1) is 0 Å². The van der Waals surface area contributed by atoms with Crippen LogP contribution in [0.15, 0.2) is 24.3 Å². The Bertz CT molecular complexity index is 344. The lowest BCUT2D eigenvalue weighted by Crippen LogP contribution is -2.37. The molecule has 0 spiro atoms. The second-order valence-corrected chi connectivity index (χ2v) is 3.72. The standard InChI is InChI=1S/C10H13ClN2O2/c11-8-3-1-2-7(4-8)5-9(12)6-13-10(14)15/h1-4,9,13H,5-6,12H2,(H,14,15). The first-order chi connectivity index (χ1) is 7.08. The van der Waals surface area contributed by atoms with E-state index < -0.39 is 6.09 Å². The van der Waals surface area contributed by atoms with Crippen LogP contribution in [-0.2, 0) is 6.42 Å². The fraction of sp³-hybridized carbons (Fsp3) is 0.300. The van der Waals surface area contributed by atoms with Gasteiger partial charge in [0, 0.05) is 17.6 Å². The van der Waals surface area contributed by atoms with Gasteiger partial charge in [-0.05, 0) is 24.1 Å². The summed E-state index contributed by atoms with van der Waals surface area (Å²) in [5.41, 5.74) is 6.74. The second-order valence-electron chi connectivity index (χ2n) is 3.28. The van der Waals surface area contributed by atoms with Gasteiger partial charge in [-0.2, -0.15) is 0 Å². The molecule has 5 heteroatoms. The third-order valence-electron chi connectivity index (χ3n) is 1.90. The predicted molar refractivity (Wildman–Crippen MR) is 59.2 cm³/mol. The monoisotopic (exact) mass is 228 g/mol. The maximum atomic E-state index is 10.2. The molecule has 0 aromatic heterocycles. The number of hydrogen-bond donors (Lipinski definition) is 3. The highest BCUT2D eigenvalue weighted by atomic mass is 35.5. The number of carbonyl (C=O) groups is 1. The number of nitrogens with one attached hydrogen (secondary N) is 1. The van der Waals surface area contributed by atoms with Gasteiger partial charge in [0.05, 0.1) is 0 Å². The normalized spacial score (nSPS) is 12.1. The lowest BCUT2D eigenvalue weighted by molar-refractivity contribution is 0.193. The van der Waals surface area contributed by atoms with Crippen molar-refractivity contribution in [3.8, 4) is 0 Å². The minimum atomic E-state index is -1.06. The van der Waals surface area contributed by atoms with Gasteiger partial charge in [-0.15, -0.1) is 0 Å². The van der Waals surface area contributed by atoms with Crippen LogP contribution in [0.4, 0.5) is 4.79 Å². The average molecular weight is 229 g/mol. The maximum Gasteiger partial charge on any atom is 0.404 e. The number of hydrogen-bond acceptors (Lipinski definition) is 2. The lowest BCUT2D eigenvalue weighted by Gasteiger charge is -2.11. The molecule has 1 aromatic rings. The molecule has 4 N–H and O–H groups in total. The molecule has 1 rings (SSSR count). The van der Waals surface area contributed by atoms with Gasteiger partial charge < -0.3 is 16.2 Å². The molecule has 82 valence electrons. The van der Waals surface area contributed by atoms with Crippen molar-refractivity contribution in [3.63, 3.8) is 0 Å². The molecule has 4 nitrogen and oxygen atoms in total. The van der Waals surface area contributed by atoms with Crippen molar-refractivity contribution >= 4 is 17.7 Å². The molecular weight excluding hydrogens is 216 g/mol. The summed E-state index contributed by atoms with van der Waals surface area (Å²) in [7, 11) is 0. The molecule has 0 heterocycles. The van der Waals surface area contributed by atoms with Crippen molar-refractivity contribution in [3.05, 3.63) is 34.9 Å². The van der Waals surface area contributed by atoms with Gasteiger partial charge in [0.25, 0.3) is 0 Å². The van der Waals surface area contributed by atoms with Crippen LogP contribution in [0.1, 0.15) is 5.56 Å². The molecule has 0 bridgehead atoms. The molecule has 0 aliphatic carbocycles. The minimum Gasteiger partial charge on any atom is -0.465 e. The summed E-state index contributed by atoms with van der Waals surface area (Å²) in [4.78, 5) is 10.2. The van der Waals surface area contributed by atoms with Crippen molar-refractivity contribution in [2.45, 2.75) is 12.5 Å². The van der Waals surface area contributed by atoms with Crippen LogP contribution in [0.5, 0.6) is 0 Å². The SMILES string of the molecule is NC(CNC(=O)O)Cc1cccc(Cl)c1. The largest absolute Gasteiger partial charge is 0.465 e. The highest BCUT2D eigenvalue weighted by molar-refractivity contribution is 6.30. The fourth-order valence-corrected chi connectivity index (χ4v) is 1.47. The van der Waals surface area contributed by atoms with E-state index >= 15 is 0 Å². The Hall–Kier alpha value is -1.26. The first-order valence-corrected chi connectivity index (χ1v) is 4.92. The molecule has 0 aliphatic heterocycles. The third-order valence-corrected chi connectivity index (χ3v) is 2.14. The smallest absolute Gasteiger partial charge is 0.404 e. The van der Waals surface area contributed by atoms with E-state index in [0.717, 1.165) is 5.56 Å². The fourth-order valence-electron chi connectivity index (χ4n) is 1.26. The Morgan fingerprint density at radius 3 is 2.93 bits per heavy atom. The average Bonchev–Trinajstić information content (AvgIpc) is 2.15. The van der Waals surface area contributed by atoms with E-state index in [1.807, 2.05) is 18.2 Å². The molecule has 1 amide bonds. The predicted octanol–water partition coefficient (Wildman–Crippen LogP) is 1.48. The van der Waals surface area contributed by atoms with Gasteiger partial charge in [0.2, 0.25) is 0 Å². The Morgan fingerprint density at radius 1 is 1.60 bits per heavy atom. The van der Waals surface area contributed by atoms with E-state index in [0.29, 0.717) is 11.4 Å². The van der Waals surface area contributed by atoms with Crippen molar-refractivity contribution < 1.29 is 9.90 Å². The Morgan fingerprint density at radius 2 is 2.33 bits per heavy atom. The molecular formula is C10H13ClN2O2. The van der Waals surface area contributed by atoms with Gasteiger partial charge >= 0.3 is 6.09 Å². The van der Waals surface area contributed by atoms with Crippen molar-refractivity contribution in [2.24, 2.45) is 5.73 Å². The molecule has 1 unspecified atom stereocenters. The summed E-state index contributed by atoms with van der Waals surface area (Å²) in [5.74, 6) is 0. The number of rotatable bonds is 4. The van der Waals surface area contributed by atoms with Crippen LogP contribution < -0.4 is 11.1 Å². The first-order valence-electron chi connectivity index (χ1n) is 4.55. The first kappa shape index (κ1) is 11.8. The molecule has 0 saturated carbocycles. The van der Waals surface area contributed by atoms with E-state index in [1.54, 1.807) is 6.07 Å². The molecule has 1 atom stereocenters. The van der Waals surface area contributed by atoms with Crippen molar-refractivity contribution in [1.29, 1.82) is 0 Å². The van der Waals surface area contributed by atoms with Gasteiger partial charge in [0.15, 0.2) is 0 Å². The molecule has 15 heavy (non-hydrogen) atoms. The zero-order chi connectivity index (χ0) is 11.3. The molecule has 0 aliphatic rings. The molecule has 0 radical (unpaired) electrons. The topological polar surface area (TPSA) is 75.3 Å². The van der Waals surface area contributed by atoms with Crippen LogP contribution in [-0.4, -0.2) is 23.8 Å². The van der Waals surface area contributed by atoms with E-state index in [9.17, 15) is 4.79 Å². The zero-order valence-corrected chi connectivity index (χ0v) is 8.87. The maximum absolute atomic E-state index is 10.2. The Balaban J connectivity index is 2.44. The van der Waals surface area contributed by atoms with E-state index in [2.05, 4.69) is 5.32 Å². The number of benzene rings is 1. The van der Waals surface area contributed by atoms with Crippen molar-refractivity contribution in [2.75, 3.05) is 6.54 Å². The van der Waals surface area contributed by atoms with Gasteiger partial charge in [-0.1, -0.05) is 23.7 Å². The lowest BCUT2D eigenvalue weighted by atomic mass is 10.1.